The van der Waals surface area contributed by atoms with Crippen LogP contribution in [0, 0.1) is 6.92 Å². The highest BCUT2D eigenvalue weighted by Gasteiger charge is 2.39. The number of nitrogens with one attached hydrogen (secondary N) is 1. The van der Waals surface area contributed by atoms with Crippen LogP contribution >= 0.6 is 0 Å². The number of Topliss-reactive ketones (excluding diaryl/α,β-unsaturated/α-hetero) is 1. The van der Waals surface area contributed by atoms with Crippen molar-refractivity contribution in [1.82, 2.24) is 29.5 Å². The van der Waals surface area contributed by atoms with E-state index in [0.717, 1.165) is 66.9 Å². The van der Waals surface area contributed by atoms with Crippen LogP contribution in [0.2, 0.25) is 25.7 Å². The van der Waals surface area contributed by atoms with E-state index in [2.05, 4.69) is 34.4 Å². The molecule has 3 aliphatic heterocycles. The SMILES string of the molecule is Cc1cc(C(=O)[C@@H](CN2CCC(N3CCCCC3)CC2)OC(=O)N2CCC(O)(c3cc4ccccc4[nH]c3=O)CC2)cc2cn(COCC[Si](C)(C)C)nc12. The number of aromatic nitrogens is 3. The lowest BCUT2D eigenvalue weighted by molar-refractivity contribution is -0.0309. The van der Waals surface area contributed by atoms with Crippen molar-refractivity contribution in [2.75, 3.05) is 52.4 Å². The van der Waals surface area contributed by atoms with Crippen LogP contribution in [0.1, 0.15) is 66.4 Å². The number of hydrogen-bond donors (Lipinski definition) is 2. The number of ether oxygens (including phenoxy) is 2. The number of carbonyl (C=O) groups excluding carboxylic acids is 2. The summed E-state index contributed by atoms with van der Waals surface area (Å²) >= 11 is 0. The standard InChI is InChI=1S/C42H58N6O6Si/c1-30-24-32(25-33-27-48(44-38(30)33)29-53-22-23-55(2,3)4)39(49)37(28-45-18-12-34(13-19-45)46-16-8-5-9-17-46)54-41(51)47-20-14-42(52,15-21-47)35-26-31-10-6-7-11-36(31)43-40(35)50/h6-7,10-11,24-27,34,37,52H,5,8-9,12-23,28-29H2,1-4H3,(H,43,50)/t37-/m1/s1. The molecule has 2 aromatic heterocycles. The molecule has 296 valence electrons. The first-order valence-corrected chi connectivity index (χ1v) is 23.9. The fourth-order valence-corrected chi connectivity index (χ4v) is 9.22. The van der Waals surface area contributed by atoms with Crippen molar-refractivity contribution in [3.63, 3.8) is 0 Å². The van der Waals surface area contributed by atoms with E-state index in [-0.39, 0.29) is 37.3 Å². The van der Waals surface area contributed by atoms with Gasteiger partial charge in [-0.1, -0.05) is 44.3 Å². The van der Waals surface area contributed by atoms with E-state index in [1.165, 1.54) is 19.3 Å². The second-order valence-corrected chi connectivity index (χ2v) is 22.9. The highest BCUT2D eigenvalue weighted by Crippen LogP contribution is 2.33. The zero-order valence-corrected chi connectivity index (χ0v) is 34.0. The predicted molar refractivity (Wildman–Crippen MR) is 217 cm³/mol. The number of amides is 1. The Labute approximate surface area is 324 Å². The molecule has 12 nitrogen and oxygen atoms in total. The van der Waals surface area contributed by atoms with Gasteiger partial charge in [0.2, 0.25) is 5.78 Å². The predicted octanol–water partition coefficient (Wildman–Crippen LogP) is 6.12. The van der Waals surface area contributed by atoms with Gasteiger partial charge in [-0.05, 0) is 113 Å². The minimum absolute atomic E-state index is 0.174. The molecule has 0 radical (unpaired) electrons. The summed E-state index contributed by atoms with van der Waals surface area (Å²) in [6, 6.07) is 14.5. The molecule has 55 heavy (non-hydrogen) atoms. The van der Waals surface area contributed by atoms with E-state index in [0.29, 0.717) is 42.6 Å². The van der Waals surface area contributed by atoms with Crippen molar-refractivity contribution in [3.8, 4) is 0 Å². The number of aromatic amines is 1. The number of H-pyrrole nitrogens is 1. The van der Waals surface area contributed by atoms with Crippen LogP contribution < -0.4 is 5.56 Å². The third-order valence-corrected chi connectivity index (χ3v) is 13.6. The van der Waals surface area contributed by atoms with Crippen LogP contribution in [0.25, 0.3) is 21.8 Å². The smallest absolute Gasteiger partial charge is 0.410 e. The molecule has 5 heterocycles. The number of piperidine rings is 3. The van der Waals surface area contributed by atoms with Crippen molar-refractivity contribution >= 4 is 41.8 Å². The topological polar surface area (TPSA) is 133 Å². The largest absolute Gasteiger partial charge is 0.436 e. The van der Waals surface area contributed by atoms with E-state index in [4.69, 9.17) is 14.6 Å². The first-order chi connectivity index (χ1) is 26.3. The third kappa shape index (κ3) is 9.40. The van der Waals surface area contributed by atoms with Crippen LogP contribution in [0.15, 0.2) is 53.5 Å². The molecule has 13 heteroatoms. The summed E-state index contributed by atoms with van der Waals surface area (Å²) in [5.74, 6) is -0.244. The average molecular weight is 771 g/mol. The van der Waals surface area contributed by atoms with E-state index in [1.54, 1.807) is 15.6 Å². The molecule has 1 amide bonds. The molecule has 3 fully saturated rings. The van der Waals surface area contributed by atoms with Gasteiger partial charge in [-0.3, -0.25) is 14.5 Å². The number of ketones is 1. The minimum Gasteiger partial charge on any atom is -0.436 e. The number of para-hydroxylation sites is 1. The lowest BCUT2D eigenvalue weighted by atomic mass is 9.84. The van der Waals surface area contributed by atoms with E-state index in [1.807, 2.05) is 49.5 Å². The van der Waals surface area contributed by atoms with Gasteiger partial charge < -0.3 is 29.4 Å². The fourth-order valence-electron chi connectivity index (χ4n) is 8.47. The summed E-state index contributed by atoms with van der Waals surface area (Å²) in [6.45, 7) is 14.6. The Balaban J connectivity index is 1.05. The number of rotatable bonds is 12. The number of carbonyl (C=O) groups is 2. The monoisotopic (exact) mass is 770 g/mol. The lowest BCUT2D eigenvalue weighted by Crippen LogP contribution is -2.51. The summed E-state index contributed by atoms with van der Waals surface area (Å²) in [6.07, 6.45) is 6.53. The van der Waals surface area contributed by atoms with Gasteiger partial charge in [-0.15, -0.1) is 0 Å². The summed E-state index contributed by atoms with van der Waals surface area (Å²) in [5.41, 5.74) is 1.44. The third-order valence-electron chi connectivity index (χ3n) is 11.9. The first-order valence-electron chi connectivity index (χ1n) is 20.2. The van der Waals surface area contributed by atoms with Gasteiger partial charge in [-0.2, -0.15) is 5.10 Å². The number of benzene rings is 2. The second-order valence-electron chi connectivity index (χ2n) is 17.2. The average Bonchev–Trinajstić information content (AvgIpc) is 3.60. The van der Waals surface area contributed by atoms with Crippen LogP contribution in [-0.2, 0) is 21.8 Å². The molecule has 1 atom stereocenters. The Bertz CT molecular complexity index is 2040. The van der Waals surface area contributed by atoms with Crippen molar-refractivity contribution in [1.29, 1.82) is 0 Å². The Morgan fingerprint density at radius 3 is 2.44 bits per heavy atom. The fraction of sp³-hybridized carbons (Fsp3) is 0.571. The van der Waals surface area contributed by atoms with E-state index < -0.39 is 25.9 Å². The lowest BCUT2D eigenvalue weighted by Gasteiger charge is -2.41. The van der Waals surface area contributed by atoms with Crippen molar-refractivity contribution in [2.45, 2.75) is 102 Å². The second kappa shape index (κ2) is 16.7. The van der Waals surface area contributed by atoms with Crippen LogP contribution in [0.5, 0.6) is 0 Å². The highest BCUT2D eigenvalue weighted by molar-refractivity contribution is 6.76. The summed E-state index contributed by atoms with van der Waals surface area (Å²) in [5, 5.41) is 18.1. The van der Waals surface area contributed by atoms with Crippen molar-refractivity contribution in [2.24, 2.45) is 0 Å². The number of aryl methyl sites for hydroxylation is 1. The van der Waals surface area contributed by atoms with Crippen LogP contribution in [-0.4, -0.2) is 119 Å². The number of nitrogens with zero attached hydrogens (tertiary/aromatic N) is 5. The molecule has 0 saturated carbocycles. The van der Waals surface area contributed by atoms with Gasteiger partial charge in [-0.25, -0.2) is 9.48 Å². The van der Waals surface area contributed by atoms with Gasteiger partial charge >= 0.3 is 6.09 Å². The number of aliphatic hydroxyl groups is 1. The maximum absolute atomic E-state index is 14.4. The van der Waals surface area contributed by atoms with Gasteiger partial charge in [0.25, 0.3) is 5.56 Å². The maximum Gasteiger partial charge on any atom is 0.410 e. The van der Waals surface area contributed by atoms with Crippen molar-refractivity contribution in [3.05, 3.63) is 75.7 Å². The molecule has 2 N–H and O–H groups in total. The number of fused-ring (bicyclic) bond motifs is 2. The quantitative estimate of drug-likeness (QED) is 0.0994. The Morgan fingerprint density at radius 1 is 0.982 bits per heavy atom. The molecule has 0 unspecified atom stereocenters. The van der Waals surface area contributed by atoms with Gasteiger partial charge in [0, 0.05) is 68.6 Å². The van der Waals surface area contributed by atoms with Gasteiger partial charge in [0.05, 0.1) is 11.1 Å². The molecule has 2 aromatic carbocycles. The zero-order valence-electron chi connectivity index (χ0n) is 33.0. The molecule has 0 bridgehead atoms. The molecule has 3 saturated heterocycles. The molecule has 0 spiro atoms. The van der Waals surface area contributed by atoms with E-state index in [9.17, 15) is 19.5 Å². The van der Waals surface area contributed by atoms with Crippen LogP contribution in [0.3, 0.4) is 0 Å². The first kappa shape index (κ1) is 39.4. The van der Waals surface area contributed by atoms with Crippen molar-refractivity contribution < 1.29 is 24.2 Å². The molecular weight excluding hydrogens is 713 g/mol. The highest BCUT2D eigenvalue weighted by atomic mass is 28.3. The normalized spacial score (nSPS) is 19.5. The van der Waals surface area contributed by atoms with E-state index >= 15 is 0 Å². The Kier molecular flexibility index (Phi) is 11.9. The van der Waals surface area contributed by atoms with Crippen LogP contribution in [0.4, 0.5) is 4.79 Å². The maximum atomic E-state index is 14.4. The molecule has 4 aromatic rings. The zero-order chi connectivity index (χ0) is 38.7. The minimum atomic E-state index is -1.39. The number of likely N-dealkylation sites (tertiary alicyclic amines) is 3. The van der Waals surface area contributed by atoms with Gasteiger partial charge in [0.15, 0.2) is 6.10 Å². The van der Waals surface area contributed by atoms with Gasteiger partial charge in [0.1, 0.15) is 6.73 Å². The molecular formula is C42H58N6O6Si. The molecule has 0 aliphatic carbocycles. The summed E-state index contributed by atoms with van der Waals surface area (Å²) in [4.78, 5) is 50.6. The number of pyridine rings is 1. The number of hydrogen-bond acceptors (Lipinski definition) is 9. The summed E-state index contributed by atoms with van der Waals surface area (Å²) < 4.78 is 13.9. The molecule has 3 aliphatic rings. The Morgan fingerprint density at radius 2 is 1.71 bits per heavy atom. The summed E-state index contributed by atoms with van der Waals surface area (Å²) in [7, 11) is -1.21. The Hall–Kier alpha value is -3.88. The molecule has 7 rings (SSSR count).